The molecule has 0 fully saturated rings. The van der Waals surface area contributed by atoms with E-state index in [4.69, 9.17) is 12.2 Å². The van der Waals surface area contributed by atoms with Crippen molar-refractivity contribution in [3.05, 3.63) is 56.1 Å². The van der Waals surface area contributed by atoms with E-state index in [0.29, 0.717) is 5.56 Å². The summed E-state index contributed by atoms with van der Waals surface area (Å²) in [4.78, 5) is 15.3. The minimum atomic E-state index is -0.301. The Hall–Kier alpha value is -1.92. The highest BCUT2D eigenvalue weighted by atomic mass is 32.1. The van der Waals surface area contributed by atoms with E-state index in [9.17, 15) is 9.90 Å². The van der Waals surface area contributed by atoms with Crippen LogP contribution < -0.4 is 10.9 Å². The number of nitrogens with two attached hydrogens (primary N) is 1. The number of aromatic hydroxyl groups is 1. The Bertz CT molecular complexity index is 840. The maximum Gasteiger partial charge on any atom is 0.265 e. The maximum atomic E-state index is 12.5. The van der Waals surface area contributed by atoms with Crippen LogP contribution in [0.15, 0.2) is 29.1 Å². The van der Waals surface area contributed by atoms with Crippen LogP contribution in [0.2, 0.25) is 0 Å². The molecule has 0 unspecified atom stereocenters. The second kappa shape index (κ2) is 6.29. The summed E-state index contributed by atoms with van der Waals surface area (Å²) in [6.07, 6.45) is 1.79. The van der Waals surface area contributed by atoms with Crippen LogP contribution in [0.4, 0.5) is 0 Å². The monoisotopic (exact) mass is 332 g/mol. The Morgan fingerprint density at radius 1 is 1.48 bits per heavy atom. The molecule has 0 radical (unpaired) electrons. The number of aromatic nitrogens is 2. The number of nitrogens with zero attached hydrogens (tertiary/aromatic N) is 1. The molecule has 3 rings (SSSR count). The Labute approximate surface area is 140 Å². The van der Waals surface area contributed by atoms with Gasteiger partial charge in [-0.15, -0.1) is 0 Å². The Morgan fingerprint density at radius 2 is 2.22 bits per heavy atom. The lowest BCUT2D eigenvalue weighted by Crippen LogP contribution is -2.87. The van der Waals surface area contributed by atoms with Gasteiger partial charge in [0.2, 0.25) is 5.88 Å². The molecule has 122 valence electrons. The highest BCUT2D eigenvalue weighted by Crippen LogP contribution is 2.29. The summed E-state index contributed by atoms with van der Waals surface area (Å²) in [5, 5.41) is 12.9. The number of nitrogens with one attached hydrogen (secondary N) is 1. The molecule has 1 aromatic carbocycles. The van der Waals surface area contributed by atoms with Crippen molar-refractivity contribution in [2.24, 2.45) is 0 Å². The zero-order chi connectivity index (χ0) is 16.6. The van der Waals surface area contributed by atoms with Crippen LogP contribution in [0.1, 0.15) is 49.0 Å². The Kier molecular flexibility index (Phi) is 4.37. The van der Waals surface area contributed by atoms with Gasteiger partial charge in [0.05, 0.1) is 6.54 Å². The van der Waals surface area contributed by atoms with Crippen molar-refractivity contribution in [2.75, 3.05) is 6.54 Å². The number of aromatic amines is 1. The average Bonchev–Trinajstić information content (AvgIpc) is 2.54. The van der Waals surface area contributed by atoms with Crippen molar-refractivity contribution in [1.82, 2.24) is 9.55 Å². The van der Waals surface area contributed by atoms with Gasteiger partial charge in [-0.25, -0.2) is 0 Å². The number of fused-ring (bicyclic) bond motifs is 1. The molecule has 0 saturated heterocycles. The maximum absolute atomic E-state index is 12.5. The van der Waals surface area contributed by atoms with Gasteiger partial charge in [0.1, 0.15) is 11.6 Å². The number of H-pyrrole nitrogens is 1. The van der Waals surface area contributed by atoms with Gasteiger partial charge in [-0.3, -0.25) is 14.3 Å². The summed E-state index contributed by atoms with van der Waals surface area (Å²) >= 11 is 5.25. The van der Waals surface area contributed by atoms with E-state index >= 15 is 0 Å². The summed E-state index contributed by atoms with van der Waals surface area (Å²) < 4.78 is 1.92. The summed E-state index contributed by atoms with van der Waals surface area (Å²) in [7, 11) is 0. The van der Waals surface area contributed by atoms with E-state index in [1.54, 1.807) is 4.57 Å². The first kappa shape index (κ1) is 16.0. The van der Waals surface area contributed by atoms with Crippen molar-refractivity contribution in [3.8, 4) is 5.88 Å². The van der Waals surface area contributed by atoms with Crippen molar-refractivity contribution < 1.29 is 10.4 Å². The predicted molar refractivity (Wildman–Crippen MR) is 91.3 cm³/mol. The van der Waals surface area contributed by atoms with E-state index < -0.39 is 0 Å². The summed E-state index contributed by atoms with van der Waals surface area (Å²) in [6.45, 7) is 4.90. The van der Waals surface area contributed by atoms with Crippen LogP contribution >= 0.6 is 12.2 Å². The average molecular weight is 332 g/mol. The second-order valence-corrected chi connectivity index (χ2v) is 6.46. The lowest BCUT2D eigenvalue weighted by atomic mass is 9.90. The largest absolute Gasteiger partial charge is 0.494 e. The molecule has 5 nitrogen and oxygen atoms in total. The Balaban J connectivity index is 2.22. The molecule has 23 heavy (non-hydrogen) atoms. The molecule has 2 aromatic rings. The molecule has 1 aliphatic heterocycles. The van der Waals surface area contributed by atoms with Crippen molar-refractivity contribution in [2.45, 2.75) is 38.8 Å². The van der Waals surface area contributed by atoms with Crippen LogP contribution in [-0.4, -0.2) is 21.2 Å². The first-order valence-corrected chi connectivity index (χ1v) is 8.44. The van der Waals surface area contributed by atoms with Gasteiger partial charge < -0.3 is 10.4 Å². The van der Waals surface area contributed by atoms with Crippen molar-refractivity contribution in [3.63, 3.8) is 0 Å². The molecule has 4 N–H and O–H groups in total. The molecule has 0 saturated carbocycles. The first-order valence-electron chi connectivity index (χ1n) is 8.03. The number of hydrogen-bond acceptors (Lipinski definition) is 3. The van der Waals surface area contributed by atoms with Crippen molar-refractivity contribution >= 4 is 12.2 Å². The first-order chi connectivity index (χ1) is 11.0. The molecule has 0 amide bonds. The molecule has 2 heterocycles. The summed E-state index contributed by atoms with van der Waals surface area (Å²) in [5.41, 5.74) is 2.42. The van der Waals surface area contributed by atoms with Crippen molar-refractivity contribution in [1.29, 1.82) is 0 Å². The smallest absolute Gasteiger partial charge is 0.265 e. The second-order valence-electron chi connectivity index (χ2n) is 6.07. The molecule has 6 heteroatoms. The minimum Gasteiger partial charge on any atom is -0.494 e. The summed E-state index contributed by atoms with van der Waals surface area (Å²) in [5.74, 6) is -0.00828. The lowest BCUT2D eigenvalue weighted by Gasteiger charge is -2.25. The fourth-order valence-electron chi connectivity index (χ4n) is 3.30. The third kappa shape index (κ3) is 2.72. The third-order valence-corrected chi connectivity index (χ3v) is 5.00. The molecular formula is C17H22N3O2S+. The number of rotatable bonds is 3. The molecule has 1 aromatic heterocycles. The minimum absolute atomic E-state index is 0.00828. The molecule has 0 aliphatic carbocycles. The lowest BCUT2D eigenvalue weighted by molar-refractivity contribution is -0.690. The molecule has 2 atom stereocenters. The van der Waals surface area contributed by atoms with Crippen LogP contribution in [0.5, 0.6) is 5.88 Å². The quantitative estimate of drug-likeness (QED) is 0.750. The topological polar surface area (TPSA) is 74.6 Å². The van der Waals surface area contributed by atoms with Crippen LogP contribution in [0, 0.1) is 4.77 Å². The van der Waals surface area contributed by atoms with Gasteiger partial charge in [0.25, 0.3) is 5.56 Å². The zero-order valence-corrected chi connectivity index (χ0v) is 14.2. The fraction of sp³-hybridized carbons (Fsp3) is 0.412. The van der Waals surface area contributed by atoms with E-state index in [0.717, 1.165) is 24.9 Å². The van der Waals surface area contributed by atoms with E-state index in [2.05, 4.69) is 16.4 Å². The zero-order valence-electron chi connectivity index (χ0n) is 13.4. The van der Waals surface area contributed by atoms with Crippen LogP contribution in [0.3, 0.4) is 0 Å². The standard InChI is InChI=1S/C17H21N3O2S/c1-3-10(2)20-16(22)13(15(21)19-17(20)23)14-12-7-5-4-6-11(12)8-9-18-14/h4-7,10,14,18,22H,3,8-9H2,1-2H3,(H,19,21,23)/p+1/t10-,14+/m0/s1. The van der Waals surface area contributed by atoms with Gasteiger partial charge in [-0.05, 0) is 31.1 Å². The number of benzene rings is 1. The van der Waals surface area contributed by atoms with E-state index in [1.165, 1.54) is 5.56 Å². The van der Waals surface area contributed by atoms with Gasteiger partial charge in [0, 0.05) is 18.0 Å². The van der Waals surface area contributed by atoms with E-state index in [-0.39, 0.29) is 28.3 Å². The molecular weight excluding hydrogens is 310 g/mol. The van der Waals surface area contributed by atoms with Gasteiger partial charge in [-0.2, -0.15) is 0 Å². The van der Waals surface area contributed by atoms with Crippen LogP contribution in [-0.2, 0) is 6.42 Å². The molecule has 1 aliphatic rings. The number of hydrogen-bond donors (Lipinski definition) is 3. The fourth-order valence-corrected chi connectivity index (χ4v) is 3.65. The van der Waals surface area contributed by atoms with Gasteiger partial charge >= 0.3 is 0 Å². The highest BCUT2D eigenvalue weighted by Gasteiger charge is 2.31. The number of quaternary nitrogens is 1. The van der Waals surface area contributed by atoms with Gasteiger partial charge in [-0.1, -0.05) is 31.2 Å². The molecule has 0 spiro atoms. The normalized spacial score (nSPS) is 18.4. The molecule has 0 bridgehead atoms. The Morgan fingerprint density at radius 3 is 2.96 bits per heavy atom. The summed E-state index contributed by atoms with van der Waals surface area (Å²) in [6, 6.07) is 7.93. The SMILES string of the molecule is CC[C@H](C)n1c(O)c([C@@H]2[NH2+]CCc3ccccc32)c(=O)[nH]c1=S. The highest BCUT2D eigenvalue weighted by molar-refractivity contribution is 7.71. The van der Waals surface area contributed by atoms with Gasteiger partial charge in [0.15, 0.2) is 4.77 Å². The predicted octanol–water partition coefficient (Wildman–Crippen LogP) is 1.79. The van der Waals surface area contributed by atoms with E-state index in [1.807, 2.05) is 32.0 Å². The third-order valence-electron chi connectivity index (χ3n) is 4.70. The van der Waals surface area contributed by atoms with Crippen LogP contribution in [0.25, 0.3) is 0 Å².